The number of esters is 1. The summed E-state index contributed by atoms with van der Waals surface area (Å²) in [5, 5.41) is 5.07. The number of rotatable bonds is 5. The SMILES string of the molecule is NS(=O)(=O)CC(OC(=O)c1ccccc1)c1ccccc1. The van der Waals surface area contributed by atoms with Crippen molar-refractivity contribution >= 4 is 16.0 Å². The third-order valence-corrected chi connectivity index (χ3v) is 3.58. The Balaban J connectivity index is 2.23. The second-order valence-electron chi connectivity index (χ2n) is 4.50. The van der Waals surface area contributed by atoms with Gasteiger partial charge < -0.3 is 4.74 Å². The van der Waals surface area contributed by atoms with Crippen LogP contribution in [0.3, 0.4) is 0 Å². The number of nitrogens with two attached hydrogens (primary N) is 1. The molecule has 6 heteroatoms. The van der Waals surface area contributed by atoms with Crippen LogP contribution in [0, 0.1) is 0 Å². The van der Waals surface area contributed by atoms with Crippen LogP contribution in [0.2, 0.25) is 0 Å². The van der Waals surface area contributed by atoms with Crippen LogP contribution in [-0.4, -0.2) is 20.1 Å². The van der Waals surface area contributed by atoms with E-state index in [-0.39, 0.29) is 0 Å². The van der Waals surface area contributed by atoms with E-state index >= 15 is 0 Å². The number of hydrogen-bond acceptors (Lipinski definition) is 4. The second-order valence-corrected chi connectivity index (χ2v) is 6.16. The normalized spacial score (nSPS) is 12.6. The van der Waals surface area contributed by atoms with Gasteiger partial charge in [0, 0.05) is 0 Å². The molecule has 21 heavy (non-hydrogen) atoms. The summed E-state index contributed by atoms with van der Waals surface area (Å²) in [7, 11) is -3.78. The van der Waals surface area contributed by atoms with Gasteiger partial charge in [0.25, 0.3) is 0 Å². The molecule has 1 unspecified atom stereocenters. The molecule has 2 aromatic rings. The molecule has 0 radical (unpaired) electrons. The lowest BCUT2D eigenvalue weighted by Crippen LogP contribution is -2.25. The Morgan fingerprint density at radius 3 is 2.05 bits per heavy atom. The first kappa shape index (κ1) is 15.2. The Bertz CT molecular complexity index is 699. The summed E-state index contributed by atoms with van der Waals surface area (Å²) in [6.07, 6.45) is -0.936. The quantitative estimate of drug-likeness (QED) is 0.854. The minimum absolute atomic E-state index is 0.354. The second kappa shape index (κ2) is 6.51. The van der Waals surface area contributed by atoms with Crippen molar-refractivity contribution in [3.63, 3.8) is 0 Å². The third-order valence-electron chi connectivity index (χ3n) is 2.81. The summed E-state index contributed by atoms with van der Waals surface area (Å²) >= 11 is 0. The smallest absolute Gasteiger partial charge is 0.338 e. The molecule has 0 aliphatic heterocycles. The van der Waals surface area contributed by atoms with E-state index in [9.17, 15) is 13.2 Å². The van der Waals surface area contributed by atoms with Crippen molar-refractivity contribution in [1.29, 1.82) is 0 Å². The molecule has 0 spiro atoms. The Kier molecular flexibility index (Phi) is 4.72. The Hall–Kier alpha value is -2.18. The van der Waals surface area contributed by atoms with Gasteiger partial charge in [0.1, 0.15) is 11.9 Å². The fourth-order valence-corrected chi connectivity index (χ4v) is 2.53. The maximum atomic E-state index is 12.1. The fourth-order valence-electron chi connectivity index (χ4n) is 1.85. The molecular formula is C15H15NO4S. The van der Waals surface area contributed by atoms with Crippen molar-refractivity contribution in [3.8, 4) is 0 Å². The number of sulfonamides is 1. The summed E-state index contributed by atoms with van der Waals surface area (Å²) < 4.78 is 27.9. The monoisotopic (exact) mass is 305 g/mol. The van der Waals surface area contributed by atoms with Gasteiger partial charge >= 0.3 is 5.97 Å². The summed E-state index contributed by atoms with van der Waals surface area (Å²) in [6.45, 7) is 0. The average molecular weight is 305 g/mol. The van der Waals surface area contributed by atoms with Crippen molar-refractivity contribution in [2.24, 2.45) is 5.14 Å². The number of hydrogen-bond donors (Lipinski definition) is 1. The van der Waals surface area contributed by atoms with E-state index in [0.29, 0.717) is 11.1 Å². The highest BCUT2D eigenvalue weighted by Gasteiger charge is 2.22. The summed E-state index contributed by atoms with van der Waals surface area (Å²) in [5.74, 6) is -1.05. The van der Waals surface area contributed by atoms with Gasteiger partial charge in [-0.15, -0.1) is 0 Å². The summed E-state index contributed by atoms with van der Waals surface area (Å²) in [4.78, 5) is 12.1. The molecule has 0 amide bonds. The first-order valence-electron chi connectivity index (χ1n) is 6.27. The van der Waals surface area contributed by atoms with Crippen molar-refractivity contribution in [2.75, 3.05) is 5.75 Å². The highest BCUT2D eigenvalue weighted by Crippen LogP contribution is 2.20. The molecule has 5 nitrogen and oxygen atoms in total. The van der Waals surface area contributed by atoms with Gasteiger partial charge in [-0.3, -0.25) is 0 Å². The summed E-state index contributed by atoms with van der Waals surface area (Å²) in [5.41, 5.74) is 0.934. The van der Waals surface area contributed by atoms with Crippen LogP contribution in [0.25, 0.3) is 0 Å². The first-order chi connectivity index (χ1) is 9.96. The zero-order chi connectivity index (χ0) is 15.3. The van der Waals surface area contributed by atoms with Crippen LogP contribution < -0.4 is 5.14 Å². The van der Waals surface area contributed by atoms with E-state index in [1.54, 1.807) is 60.7 Å². The molecule has 0 aromatic heterocycles. The fraction of sp³-hybridized carbons (Fsp3) is 0.133. The standard InChI is InChI=1S/C15H15NO4S/c16-21(18,19)11-14(12-7-3-1-4-8-12)20-15(17)13-9-5-2-6-10-13/h1-10,14H,11H2,(H2,16,18,19). The lowest BCUT2D eigenvalue weighted by Gasteiger charge is -2.17. The number of benzene rings is 2. The molecular weight excluding hydrogens is 290 g/mol. The number of primary sulfonamides is 1. The van der Waals surface area contributed by atoms with Crippen molar-refractivity contribution in [3.05, 3.63) is 71.8 Å². The highest BCUT2D eigenvalue weighted by atomic mass is 32.2. The van der Waals surface area contributed by atoms with Crippen molar-refractivity contribution in [2.45, 2.75) is 6.10 Å². The lowest BCUT2D eigenvalue weighted by molar-refractivity contribution is 0.0344. The molecule has 110 valence electrons. The van der Waals surface area contributed by atoms with Crippen molar-refractivity contribution in [1.82, 2.24) is 0 Å². The van der Waals surface area contributed by atoms with Crippen LogP contribution in [-0.2, 0) is 14.8 Å². The first-order valence-corrected chi connectivity index (χ1v) is 7.99. The lowest BCUT2D eigenvalue weighted by atomic mass is 10.1. The van der Waals surface area contributed by atoms with Crippen molar-refractivity contribution < 1.29 is 17.9 Å². The molecule has 0 bridgehead atoms. The Morgan fingerprint density at radius 1 is 1.00 bits per heavy atom. The molecule has 0 fully saturated rings. The molecule has 0 aliphatic rings. The number of carbonyl (C=O) groups excluding carboxylic acids is 1. The highest BCUT2D eigenvalue weighted by molar-refractivity contribution is 7.89. The maximum Gasteiger partial charge on any atom is 0.338 e. The average Bonchev–Trinajstić information content (AvgIpc) is 2.47. The van der Waals surface area contributed by atoms with E-state index in [1.165, 1.54) is 0 Å². The minimum atomic E-state index is -3.78. The molecule has 2 rings (SSSR count). The van der Waals surface area contributed by atoms with E-state index in [1.807, 2.05) is 0 Å². The summed E-state index contributed by atoms with van der Waals surface area (Å²) in [6, 6.07) is 17.0. The van der Waals surface area contributed by atoms with Crippen LogP contribution in [0.4, 0.5) is 0 Å². The van der Waals surface area contributed by atoms with Crippen LogP contribution in [0.5, 0.6) is 0 Å². The van der Waals surface area contributed by atoms with Crippen LogP contribution in [0.1, 0.15) is 22.0 Å². The minimum Gasteiger partial charge on any atom is -0.453 e. The molecule has 1 atom stereocenters. The molecule has 0 aliphatic carbocycles. The van der Waals surface area contributed by atoms with E-state index in [0.717, 1.165) is 0 Å². The van der Waals surface area contributed by atoms with E-state index in [4.69, 9.17) is 9.88 Å². The topological polar surface area (TPSA) is 86.5 Å². The zero-order valence-corrected chi connectivity index (χ0v) is 12.0. The Morgan fingerprint density at radius 2 is 1.52 bits per heavy atom. The van der Waals surface area contributed by atoms with E-state index < -0.39 is 27.8 Å². The number of ether oxygens (including phenoxy) is 1. The van der Waals surface area contributed by atoms with Gasteiger partial charge in [-0.1, -0.05) is 48.5 Å². The largest absolute Gasteiger partial charge is 0.453 e. The number of carbonyl (C=O) groups is 1. The van der Waals surface area contributed by atoms with Crippen LogP contribution >= 0.6 is 0 Å². The third kappa shape index (κ3) is 4.70. The molecule has 0 heterocycles. The molecule has 2 aromatic carbocycles. The van der Waals surface area contributed by atoms with Crippen LogP contribution in [0.15, 0.2) is 60.7 Å². The van der Waals surface area contributed by atoms with E-state index in [2.05, 4.69) is 0 Å². The zero-order valence-electron chi connectivity index (χ0n) is 11.2. The molecule has 0 saturated heterocycles. The predicted octanol–water partition coefficient (Wildman–Crippen LogP) is 1.87. The van der Waals surface area contributed by atoms with Gasteiger partial charge in [0.05, 0.1) is 5.56 Å². The van der Waals surface area contributed by atoms with Gasteiger partial charge in [0.15, 0.2) is 0 Å². The van der Waals surface area contributed by atoms with Gasteiger partial charge in [-0.05, 0) is 17.7 Å². The molecule has 0 saturated carbocycles. The van der Waals surface area contributed by atoms with Gasteiger partial charge in [-0.2, -0.15) is 0 Å². The predicted molar refractivity (Wildman–Crippen MR) is 79.0 cm³/mol. The van der Waals surface area contributed by atoms with Gasteiger partial charge in [0.2, 0.25) is 10.0 Å². The maximum absolute atomic E-state index is 12.1. The Labute approximate surface area is 123 Å². The molecule has 2 N–H and O–H groups in total. The van der Waals surface area contributed by atoms with Gasteiger partial charge in [-0.25, -0.2) is 18.4 Å².